The first kappa shape index (κ1) is 12.5. The van der Waals surface area contributed by atoms with Gasteiger partial charge in [0.15, 0.2) is 0 Å². The van der Waals surface area contributed by atoms with E-state index >= 15 is 0 Å². The van der Waals surface area contributed by atoms with Crippen LogP contribution < -0.4 is 10.6 Å². The predicted molar refractivity (Wildman–Crippen MR) is 78.2 cm³/mol. The van der Waals surface area contributed by atoms with Gasteiger partial charge in [-0.05, 0) is 49.3 Å². The van der Waals surface area contributed by atoms with Crippen LogP contribution in [0.25, 0.3) is 0 Å². The molecule has 1 amide bonds. The fraction of sp³-hybridized carbons (Fsp3) is 0.562. The van der Waals surface area contributed by atoms with Crippen LogP contribution in [0.5, 0.6) is 0 Å². The van der Waals surface area contributed by atoms with Crippen molar-refractivity contribution in [3.05, 3.63) is 23.3 Å². The predicted octanol–water partition coefficient (Wildman–Crippen LogP) is 3.05. The highest BCUT2D eigenvalue weighted by Crippen LogP contribution is 2.34. The van der Waals surface area contributed by atoms with Gasteiger partial charge in [0.05, 0.1) is 0 Å². The molecule has 1 fully saturated rings. The van der Waals surface area contributed by atoms with Crippen molar-refractivity contribution in [1.29, 1.82) is 0 Å². The summed E-state index contributed by atoms with van der Waals surface area (Å²) < 4.78 is 0. The lowest BCUT2D eigenvalue weighted by molar-refractivity contribution is -0.119. The number of rotatable bonds is 2. The minimum Gasteiger partial charge on any atom is -0.398 e. The Kier molecular flexibility index (Phi) is 3.21. The second-order valence-electron chi connectivity index (χ2n) is 5.99. The van der Waals surface area contributed by atoms with Crippen LogP contribution >= 0.6 is 0 Å². The number of hydrogen-bond donors (Lipinski definition) is 1. The fourth-order valence-corrected chi connectivity index (χ4v) is 3.41. The number of carbonyl (C=O) groups is 1. The van der Waals surface area contributed by atoms with E-state index in [-0.39, 0.29) is 5.91 Å². The largest absolute Gasteiger partial charge is 0.398 e. The number of fused-ring (bicyclic) bond motifs is 1. The van der Waals surface area contributed by atoms with Gasteiger partial charge < -0.3 is 10.6 Å². The van der Waals surface area contributed by atoms with Crippen molar-refractivity contribution in [2.45, 2.75) is 45.4 Å². The van der Waals surface area contributed by atoms with E-state index in [0.717, 1.165) is 29.9 Å². The first-order chi connectivity index (χ1) is 9.15. The first-order valence-corrected chi connectivity index (χ1v) is 7.34. The van der Waals surface area contributed by atoms with Crippen molar-refractivity contribution in [3.63, 3.8) is 0 Å². The molecule has 0 saturated heterocycles. The van der Waals surface area contributed by atoms with Crippen LogP contribution in [0.1, 0.15) is 43.2 Å². The van der Waals surface area contributed by atoms with Crippen LogP contribution in [-0.4, -0.2) is 12.5 Å². The molecule has 3 heteroatoms. The molecule has 0 bridgehead atoms. The molecule has 1 aromatic rings. The van der Waals surface area contributed by atoms with Gasteiger partial charge in [0.25, 0.3) is 0 Å². The summed E-state index contributed by atoms with van der Waals surface area (Å²) in [5, 5.41) is 0. The maximum Gasteiger partial charge on any atom is 0.227 e. The van der Waals surface area contributed by atoms with Crippen molar-refractivity contribution < 1.29 is 4.79 Å². The van der Waals surface area contributed by atoms with E-state index in [1.54, 1.807) is 0 Å². The highest BCUT2D eigenvalue weighted by molar-refractivity contribution is 5.96. The molecule has 0 aromatic heterocycles. The summed E-state index contributed by atoms with van der Waals surface area (Å²) in [6.07, 6.45) is 6.71. The van der Waals surface area contributed by atoms with Gasteiger partial charge in [0, 0.05) is 24.3 Å². The second kappa shape index (κ2) is 4.87. The molecule has 102 valence electrons. The number of amides is 1. The zero-order valence-electron chi connectivity index (χ0n) is 11.6. The van der Waals surface area contributed by atoms with Crippen LogP contribution in [0, 0.1) is 12.8 Å². The quantitative estimate of drug-likeness (QED) is 0.829. The van der Waals surface area contributed by atoms with Crippen LogP contribution in [-0.2, 0) is 11.2 Å². The van der Waals surface area contributed by atoms with Crippen molar-refractivity contribution in [2.24, 2.45) is 5.92 Å². The van der Waals surface area contributed by atoms with E-state index in [4.69, 9.17) is 5.73 Å². The summed E-state index contributed by atoms with van der Waals surface area (Å²) in [6.45, 7) is 2.85. The minimum atomic E-state index is 0.286. The molecule has 19 heavy (non-hydrogen) atoms. The molecule has 1 aliphatic carbocycles. The number of nitrogens with zero attached hydrogens (tertiary/aromatic N) is 1. The maximum atomic E-state index is 12.4. The fourth-order valence-electron chi connectivity index (χ4n) is 3.41. The van der Waals surface area contributed by atoms with E-state index in [0.29, 0.717) is 12.3 Å². The smallest absolute Gasteiger partial charge is 0.227 e. The van der Waals surface area contributed by atoms with Crippen molar-refractivity contribution >= 4 is 17.3 Å². The van der Waals surface area contributed by atoms with Gasteiger partial charge in [-0.3, -0.25) is 4.79 Å². The average Bonchev–Trinajstić information content (AvgIpc) is 2.99. The highest BCUT2D eigenvalue weighted by Gasteiger charge is 2.28. The van der Waals surface area contributed by atoms with E-state index in [1.807, 2.05) is 17.9 Å². The van der Waals surface area contributed by atoms with Gasteiger partial charge in [-0.15, -0.1) is 0 Å². The third-order valence-electron chi connectivity index (χ3n) is 4.60. The van der Waals surface area contributed by atoms with Gasteiger partial charge in [-0.1, -0.05) is 18.9 Å². The standard InChI is InChI=1S/C16H22N2O/c1-11-8-13-6-7-18(15(13)10-14(11)17)16(19)9-12-4-2-3-5-12/h8,10,12H,2-7,9,17H2,1H3. The van der Waals surface area contributed by atoms with E-state index in [1.165, 1.54) is 31.2 Å². The number of hydrogen-bond acceptors (Lipinski definition) is 2. The van der Waals surface area contributed by atoms with Crippen LogP contribution in [0.4, 0.5) is 11.4 Å². The summed E-state index contributed by atoms with van der Waals surface area (Å²) in [4.78, 5) is 14.4. The summed E-state index contributed by atoms with van der Waals surface area (Å²) in [6, 6.07) is 4.11. The van der Waals surface area contributed by atoms with Crippen LogP contribution in [0.2, 0.25) is 0 Å². The van der Waals surface area contributed by atoms with Crippen LogP contribution in [0.15, 0.2) is 12.1 Å². The molecule has 0 atom stereocenters. The third kappa shape index (κ3) is 2.34. The maximum absolute atomic E-state index is 12.4. The summed E-state index contributed by atoms with van der Waals surface area (Å²) in [5.41, 5.74) is 10.2. The lowest BCUT2D eigenvalue weighted by Gasteiger charge is -2.20. The van der Waals surface area contributed by atoms with Crippen molar-refractivity contribution in [3.8, 4) is 0 Å². The zero-order valence-corrected chi connectivity index (χ0v) is 11.6. The number of carbonyl (C=O) groups excluding carboxylic acids is 1. The lowest BCUT2D eigenvalue weighted by Crippen LogP contribution is -2.30. The van der Waals surface area contributed by atoms with Crippen molar-refractivity contribution in [2.75, 3.05) is 17.2 Å². The topological polar surface area (TPSA) is 46.3 Å². The van der Waals surface area contributed by atoms with E-state index in [2.05, 4.69) is 6.07 Å². The molecule has 0 radical (unpaired) electrons. The molecule has 1 saturated carbocycles. The van der Waals surface area contributed by atoms with Crippen molar-refractivity contribution in [1.82, 2.24) is 0 Å². The highest BCUT2D eigenvalue weighted by atomic mass is 16.2. The van der Waals surface area contributed by atoms with Gasteiger partial charge in [-0.25, -0.2) is 0 Å². The molecule has 0 unspecified atom stereocenters. The molecular weight excluding hydrogens is 236 g/mol. The van der Waals surface area contributed by atoms with Gasteiger partial charge in [0.1, 0.15) is 0 Å². The SMILES string of the molecule is Cc1cc2c(cc1N)N(C(=O)CC1CCCC1)CC2. The Morgan fingerprint density at radius 1 is 1.37 bits per heavy atom. The molecule has 1 aliphatic heterocycles. The monoisotopic (exact) mass is 258 g/mol. The number of nitrogens with two attached hydrogens (primary N) is 1. The Hall–Kier alpha value is -1.51. The third-order valence-corrected chi connectivity index (χ3v) is 4.60. The summed E-state index contributed by atoms with van der Waals surface area (Å²) >= 11 is 0. The molecule has 3 nitrogen and oxygen atoms in total. The van der Waals surface area contributed by atoms with E-state index in [9.17, 15) is 4.79 Å². The number of benzene rings is 1. The molecule has 3 rings (SSSR count). The second-order valence-corrected chi connectivity index (χ2v) is 5.99. The average molecular weight is 258 g/mol. The number of anilines is 2. The summed E-state index contributed by atoms with van der Waals surface area (Å²) in [5.74, 6) is 0.897. The Bertz CT molecular complexity index is 504. The van der Waals surface area contributed by atoms with Crippen LogP contribution in [0.3, 0.4) is 0 Å². The summed E-state index contributed by atoms with van der Waals surface area (Å²) in [7, 11) is 0. The molecule has 2 aliphatic rings. The number of aryl methyl sites for hydroxylation is 1. The zero-order chi connectivity index (χ0) is 13.4. The van der Waals surface area contributed by atoms with E-state index < -0.39 is 0 Å². The Balaban J connectivity index is 1.77. The van der Waals surface area contributed by atoms with Gasteiger partial charge in [0.2, 0.25) is 5.91 Å². The Labute approximate surface area is 114 Å². The molecule has 1 aromatic carbocycles. The van der Waals surface area contributed by atoms with Gasteiger partial charge in [-0.2, -0.15) is 0 Å². The van der Waals surface area contributed by atoms with Gasteiger partial charge >= 0.3 is 0 Å². The number of nitrogen functional groups attached to an aromatic ring is 1. The molecule has 1 heterocycles. The molecular formula is C16H22N2O. The molecule has 2 N–H and O–H groups in total. The lowest BCUT2D eigenvalue weighted by atomic mass is 10.0. The first-order valence-electron chi connectivity index (χ1n) is 7.34. The Morgan fingerprint density at radius 3 is 2.84 bits per heavy atom. The normalized spacial score (nSPS) is 18.9. The minimum absolute atomic E-state index is 0.286. The Morgan fingerprint density at radius 2 is 2.11 bits per heavy atom. The molecule has 0 spiro atoms.